The predicted octanol–water partition coefficient (Wildman–Crippen LogP) is 6.47. The summed E-state index contributed by atoms with van der Waals surface area (Å²) >= 11 is 0. The number of nitrogens with zero attached hydrogens (tertiary/aromatic N) is 3. The fourth-order valence-corrected chi connectivity index (χ4v) is 5.20. The molecule has 0 unspecified atom stereocenters. The first kappa shape index (κ1) is 24.5. The Hall–Kier alpha value is -4.17. The van der Waals surface area contributed by atoms with E-state index in [1.807, 2.05) is 72.2 Å². The third-order valence-corrected chi connectivity index (χ3v) is 6.91. The van der Waals surface area contributed by atoms with Crippen LogP contribution < -0.4 is 10.3 Å². The van der Waals surface area contributed by atoms with E-state index in [1.165, 1.54) is 0 Å². The lowest BCUT2D eigenvalue weighted by atomic mass is 9.97. The molecular formula is C32H31N3O2. The van der Waals surface area contributed by atoms with Gasteiger partial charge in [0.1, 0.15) is 17.2 Å². The van der Waals surface area contributed by atoms with Crippen molar-refractivity contribution in [2.75, 3.05) is 0 Å². The van der Waals surface area contributed by atoms with Crippen LogP contribution in [0.5, 0.6) is 5.75 Å². The van der Waals surface area contributed by atoms with Crippen molar-refractivity contribution in [3.8, 4) is 34.1 Å². The predicted molar refractivity (Wildman–Crippen MR) is 147 cm³/mol. The van der Waals surface area contributed by atoms with Crippen LogP contribution in [0.2, 0.25) is 0 Å². The number of benzene rings is 3. The summed E-state index contributed by atoms with van der Waals surface area (Å²) in [6.45, 7) is 8.63. The van der Waals surface area contributed by atoms with E-state index in [2.05, 4.69) is 32.9 Å². The van der Waals surface area contributed by atoms with Crippen LogP contribution in [0.3, 0.4) is 0 Å². The van der Waals surface area contributed by atoms with E-state index < -0.39 is 0 Å². The Bertz CT molecular complexity index is 1570. The number of hydrogen-bond acceptors (Lipinski definition) is 4. The molecule has 0 aliphatic carbocycles. The van der Waals surface area contributed by atoms with Gasteiger partial charge in [0.15, 0.2) is 0 Å². The largest absolute Gasteiger partial charge is 0.487 e. The molecule has 3 aromatic carbocycles. The summed E-state index contributed by atoms with van der Waals surface area (Å²) in [6, 6.07) is 24.0. The molecule has 1 aromatic heterocycles. The van der Waals surface area contributed by atoms with Gasteiger partial charge in [0.05, 0.1) is 29.4 Å². The molecule has 1 aliphatic rings. The van der Waals surface area contributed by atoms with Crippen LogP contribution in [0.25, 0.3) is 22.3 Å². The second kappa shape index (κ2) is 9.71. The monoisotopic (exact) mass is 489 g/mol. The first-order valence-corrected chi connectivity index (χ1v) is 12.8. The van der Waals surface area contributed by atoms with Crippen molar-refractivity contribution < 1.29 is 4.74 Å². The van der Waals surface area contributed by atoms with Crippen molar-refractivity contribution in [2.45, 2.75) is 59.1 Å². The Morgan fingerprint density at radius 3 is 2.51 bits per heavy atom. The fourth-order valence-electron chi connectivity index (χ4n) is 5.20. The van der Waals surface area contributed by atoms with Crippen LogP contribution in [0.15, 0.2) is 71.5 Å². The van der Waals surface area contributed by atoms with E-state index in [-0.39, 0.29) is 11.2 Å². The molecule has 5 rings (SSSR count). The van der Waals surface area contributed by atoms with E-state index in [0.717, 1.165) is 64.3 Å². The molecule has 186 valence electrons. The minimum absolute atomic E-state index is 0.0204. The summed E-state index contributed by atoms with van der Waals surface area (Å²) in [5.74, 6) is 1.69. The Balaban J connectivity index is 1.53. The Morgan fingerprint density at radius 1 is 1.05 bits per heavy atom. The number of aryl methyl sites for hydroxylation is 2. The fraction of sp³-hybridized carbons (Fsp3) is 0.281. The summed E-state index contributed by atoms with van der Waals surface area (Å²) in [7, 11) is 0. The van der Waals surface area contributed by atoms with Gasteiger partial charge in [0, 0.05) is 12.8 Å². The first-order chi connectivity index (χ1) is 17.8. The first-order valence-electron chi connectivity index (χ1n) is 12.8. The molecule has 0 atom stereocenters. The van der Waals surface area contributed by atoms with Crippen molar-refractivity contribution in [3.63, 3.8) is 0 Å². The van der Waals surface area contributed by atoms with Crippen molar-refractivity contribution >= 4 is 0 Å². The minimum atomic E-state index is -0.237. The smallest absolute Gasteiger partial charge is 0.261 e. The van der Waals surface area contributed by atoms with Gasteiger partial charge in [-0.3, -0.25) is 9.36 Å². The van der Waals surface area contributed by atoms with E-state index in [9.17, 15) is 10.1 Å². The highest BCUT2D eigenvalue weighted by Gasteiger charge is 2.30. The minimum Gasteiger partial charge on any atom is -0.487 e. The van der Waals surface area contributed by atoms with Gasteiger partial charge in [-0.2, -0.15) is 5.26 Å². The zero-order valence-corrected chi connectivity index (χ0v) is 21.8. The molecule has 0 saturated carbocycles. The SMILES string of the molecule is CCCc1nc(C)c(-c2ccc3c(c2)CC(C)(C)O3)c(=O)n1Cc1ccc(-c2ccccc2C#N)cc1. The summed E-state index contributed by atoms with van der Waals surface area (Å²) in [5.41, 5.74) is 6.70. The van der Waals surface area contributed by atoms with Gasteiger partial charge in [0.2, 0.25) is 0 Å². The lowest BCUT2D eigenvalue weighted by molar-refractivity contribution is 0.138. The van der Waals surface area contributed by atoms with Crippen LogP contribution in [-0.2, 0) is 19.4 Å². The zero-order valence-electron chi connectivity index (χ0n) is 21.8. The molecule has 37 heavy (non-hydrogen) atoms. The molecule has 1 aliphatic heterocycles. The molecule has 0 bridgehead atoms. The highest BCUT2D eigenvalue weighted by Crippen LogP contribution is 2.37. The molecule has 0 saturated heterocycles. The number of rotatable bonds is 6. The lowest BCUT2D eigenvalue weighted by Crippen LogP contribution is -2.28. The van der Waals surface area contributed by atoms with Crippen LogP contribution in [0.1, 0.15) is 55.4 Å². The molecule has 5 heteroatoms. The maximum Gasteiger partial charge on any atom is 0.261 e. The highest BCUT2D eigenvalue weighted by atomic mass is 16.5. The summed E-state index contributed by atoms with van der Waals surface area (Å²) < 4.78 is 7.86. The third-order valence-electron chi connectivity index (χ3n) is 6.91. The van der Waals surface area contributed by atoms with Crippen molar-refractivity contribution in [1.29, 1.82) is 5.26 Å². The summed E-state index contributed by atoms with van der Waals surface area (Å²) in [5, 5.41) is 9.46. The van der Waals surface area contributed by atoms with E-state index >= 15 is 0 Å². The molecule has 5 nitrogen and oxygen atoms in total. The number of ether oxygens (including phenoxy) is 1. The van der Waals surface area contributed by atoms with Crippen LogP contribution in [-0.4, -0.2) is 15.2 Å². The quantitative estimate of drug-likeness (QED) is 0.311. The van der Waals surface area contributed by atoms with Crippen molar-refractivity contribution in [1.82, 2.24) is 9.55 Å². The van der Waals surface area contributed by atoms with E-state index in [0.29, 0.717) is 17.7 Å². The van der Waals surface area contributed by atoms with Gasteiger partial charge in [-0.25, -0.2) is 4.98 Å². The van der Waals surface area contributed by atoms with Crippen LogP contribution >= 0.6 is 0 Å². The van der Waals surface area contributed by atoms with Crippen LogP contribution in [0, 0.1) is 18.3 Å². The van der Waals surface area contributed by atoms with Crippen LogP contribution in [0.4, 0.5) is 0 Å². The zero-order chi connectivity index (χ0) is 26.2. The topological polar surface area (TPSA) is 67.9 Å². The average molecular weight is 490 g/mol. The molecule has 0 N–H and O–H groups in total. The van der Waals surface area contributed by atoms with Gasteiger partial charge in [0.25, 0.3) is 5.56 Å². The van der Waals surface area contributed by atoms with E-state index in [1.54, 1.807) is 0 Å². The maximum atomic E-state index is 13.9. The maximum absolute atomic E-state index is 13.9. The average Bonchev–Trinajstić information content (AvgIpc) is 3.20. The molecule has 4 aromatic rings. The standard InChI is InChI=1S/C32H31N3O2/c1-5-8-29-34-21(2)30(24-15-16-28-26(17-24)18-32(3,4)37-28)31(36)35(29)20-22-11-13-23(14-12-22)27-10-7-6-9-25(27)19-33/h6-7,9-17H,5,8,18,20H2,1-4H3. The van der Waals surface area contributed by atoms with Gasteiger partial charge in [-0.05, 0) is 73.2 Å². The molecule has 0 fully saturated rings. The second-order valence-electron chi connectivity index (χ2n) is 10.3. The third kappa shape index (κ3) is 4.80. The number of hydrogen-bond donors (Lipinski definition) is 0. The normalized spacial score (nSPS) is 13.6. The van der Waals surface area contributed by atoms with E-state index in [4.69, 9.17) is 9.72 Å². The molecule has 0 spiro atoms. The number of aromatic nitrogens is 2. The molecule has 2 heterocycles. The van der Waals surface area contributed by atoms with Gasteiger partial charge >= 0.3 is 0 Å². The molecule has 0 amide bonds. The summed E-state index contributed by atoms with van der Waals surface area (Å²) in [6.07, 6.45) is 2.45. The Morgan fingerprint density at radius 2 is 1.78 bits per heavy atom. The lowest BCUT2D eigenvalue weighted by Gasteiger charge is -2.17. The molecule has 0 radical (unpaired) electrons. The van der Waals surface area contributed by atoms with Gasteiger partial charge in [-0.15, -0.1) is 0 Å². The second-order valence-corrected chi connectivity index (χ2v) is 10.3. The molecular weight excluding hydrogens is 458 g/mol. The van der Waals surface area contributed by atoms with Gasteiger partial charge < -0.3 is 4.74 Å². The Labute approximate surface area is 218 Å². The van der Waals surface area contributed by atoms with Crippen molar-refractivity contribution in [2.24, 2.45) is 0 Å². The van der Waals surface area contributed by atoms with Crippen molar-refractivity contribution in [3.05, 3.63) is 105 Å². The number of fused-ring (bicyclic) bond motifs is 1. The summed E-state index contributed by atoms with van der Waals surface area (Å²) in [4.78, 5) is 18.8. The highest BCUT2D eigenvalue weighted by molar-refractivity contribution is 5.71. The number of nitriles is 1. The van der Waals surface area contributed by atoms with Gasteiger partial charge in [-0.1, -0.05) is 55.5 Å². The Kier molecular flexibility index (Phi) is 6.43.